The van der Waals surface area contributed by atoms with Crippen molar-refractivity contribution in [1.82, 2.24) is 0 Å². The molecule has 0 bridgehead atoms. The van der Waals surface area contributed by atoms with E-state index in [1.807, 2.05) is 72.8 Å². The maximum Gasteiger partial charge on any atom is 0.137 e. The van der Waals surface area contributed by atoms with Crippen LogP contribution in [0.3, 0.4) is 0 Å². The third kappa shape index (κ3) is 2.58. The highest BCUT2D eigenvalue weighted by molar-refractivity contribution is 6.09. The molecule has 0 saturated heterocycles. The molecular formula is C25H15NO. The van der Waals surface area contributed by atoms with Crippen LogP contribution in [0.15, 0.2) is 95.4 Å². The first kappa shape index (κ1) is 15.4. The van der Waals surface area contributed by atoms with Gasteiger partial charge in [0.2, 0.25) is 0 Å². The Balaban J connectivity index is 1.76. The molecule has 0 N–H and O–H groups in total. The second-order valence-corrected chi connectivity index (χ2v) is 6.55. The minimum absolute atomic E-state index is 0.637. The van der Waals surface area contributed by atoms with Gasteiger partial charge in [-0.2, -0.15) is 5.26 Å². The largest absolute Gasteiger partial charge is 0.456 e. The van der Waals surface area contributed by atoms with Crippen molar-refractivity contribution in [3.63, 3.8) is 0 Å². The molecule has 0 aliphatic carbocycles. The summed E-state index contributed by atoms with van der Waals surface area (Å²) in [5.41, 5.74) is 6.48. The quantitative estimate of drug-likeness (QED) is 0.353. The first-order valence-corrected chi connectivity index (χ1v) is 8.85. The summed E-state index contributed by atoms with van der Waals surface area (Å²) in [5, 5.41) is 11.6. The Kier molecular flexibility index (Phi) is 3.52. The van der Waals surface area contributed by atoms with Gasteiger partial charge in [0.15, 0.2) is 0 Å². The number of hydrogen-bond acceptors (Lipinski definition) is 2. The average molecular weight is 345 g/mol. The van der Waals surface area contributed by atoms with Gasteiger partial charge in [-0.05, 0) is 46.5 Å². The molecule has 0 aliphatic heterocycles. The molecule has 0 fully saturated rings. The fourth-order valence-corrected chi connectivity index (χ4v) is 3.60. The maximum atomic E-state index is 9.73. The second kappa shape index (κ2) is 6.16. The maximum absolute atomic E-state index is 9.73. The van der Waals surface area contributed by atoms with Gasteiger partial charge in [0.05, 0.1) is 11.6 Å². The number of hydrogen-bond donors (Lipinski definition) is 0. The molecule has 126 valence electrons. The summed E-state index contributed by atoms with van der Waals surface area (Å²) in [6, 6.07) is 32.8. The van der Waals surface area contributed by atoms with E-state index in [1.165, 1.54) is 0 Å². The third-order valence-corrected chi connectivity index (χ3v) is 4.91. The zero-order valence-electron chi connectivity index (χ0n) is 14.5. The van der Waals surface area contributed by atoms with E-state index in [4.69, 9.17) is 4.42 Å². The molecule has 5 aromatic rings. The molecule has 0 unspecified atom stereocenters. The van der Waals surface area contributed by atoms with E-state index in [2.05, 4.69) is 24.3 Å². The lowest BCUT2D eigenvalue weighted by Gasteiger charge is -2.03. The fraction of sp³-hybridized carbons (Fsp3) is 0. The van der Waals surface area contributed by atoms with Gasteiger partial charge >= 0.3 is 0 Å². The van der Waals surface area contributed by atoms with Gasteiger partial charge in [-0.25, -0.2) is 0 Å². The summed E-state index contributed by atoms with van der Waals surface area (Å²) in [6.07, 6.45) is 0. The molecule has 0 atom stereocenters. The standard InChI is InChI=1S/C25H15NO/c26-16-21-13-20(18-9-5-2-6-10-18)15-24-25(21)22-12-11-19(14-23(22)27-24)17-7-3-1-4-8-17/h1-15H. The van der Waals surface area contributed by atoms with Crippen molar-refractivity contribution in [3.05, 3.63) is 96.6 Å². The van der Waals surface area contributed by atoms with Crippen LogP contribution in [-0.4, -0.2) is 0 Å². The summed E-state index contributed by atoms with van der Waals surface area (Å²) in [7, 11) is 0. The predicted octanol–water partition coefficient (Wildman–Crippen LogP) is 6.79. The average Bonchev–Trinajstić information content (AvgIpc) is 3.12. The predicted molar refractivity (Wildman–Crippen MR) is 109 cm³/mol. The van der Waals surface area contributed by atoms with Gasteiger partial charge in [-0.3, -0.25) is 0 Å². The van der Waals surface area contributed by atoms with E-state index in [-0.39, 0.29) is 0 Å². The van der Waals surface area contributed by atoms with Gasteiger partial charge in [-0.1, -0.05) is 66.7 Å². The van der Waals surface area contributed by atoms with Gasteiger partial charge < -0.3 is 4.42 Å². The Labute approximate surface area is 156 Å². The van der Waals surface area contributed by atoms with E-state index in [0.717, 1.165) is 44.2 Å². The lowest BCUT2D eigenvalue weighted by Crippen LogP contribution is -1.82. The summed E-state index contributed by atoms with van der Waals surface area (Å²) < 4.78 is 6.17. The van der Waals surface area contributed by atoms with Gasteiger partial charge in [0.1, 0.15) is 11.2 Å². The summed E-state index contributed by atoms with van der Waals surface area (Å²) in [4.78, 5) is 0. The first-order valence-electron chi connectivity index (χ1n) is 8.85. The van der Waals surface area contributed by atoms with Crippen LogP contribution in [0.4, 0.5) is 0 Å². The molecule has 0 spiro atoms. The monoisotopic (exact) mass is 345 g/mol. The number of nitriles is 1. The van der Waals surface area contributed by atoms with Crippen molar-refractivity contribution in [1.29, 1.82) is 5.26 Å². The first-order chi connectivity index (χ1) is 13.3. The van der Waals surface area contributed by atoms with Crippen LogP contribution in [-0.2, 0) is 0 Å². The van der Waals surface area contributed by atoms with Crippen LogP contribution in [0.25, 0.3) is 44.2 Å². The third-order valence-electron chi connectivity index (χ3n) is 4.91. The Morgan fingerprint density at radius 2 is 1.22 bits per heavy atom. The normalized spacial score (nSPS) is 10.9. The smallest absolute Gasteiger partial charge is 0.137 e. The van der Waals surface area contributed by atoms with E-state index in [9.17, 15) is 5.26 Å². The Morgan fingerprint density at radius 1 is 0.593 bits per heavy atom. The summed E-state index contributed by atoms with van der Waals surface area (Å²) in [6.45, 7) is 0. The van der Waals surface area contributed by atoms with Gasteiger partial charge in [0.25, 0.3) is 0 Å². The van der Waals surface area contributed by atoms with Crippen LogP contribution in [0, 0.1) is 11.3 Å². The van der Waals surface area contributed by atoms with E-state index in [0.29, 0.717) is 5.56 Å². The second-order valence-electron chi connectivity index (χ2n) is 6.55. The number of rotatable bonds is 2. The van der Waals surface area contributed by atoms with Crippen LogP contribution in [0.2, 0.25) is 0 Å². The molecule has 0 saturated carbocycles. The minimum Gasteiger partial charge on any atom is -0.456 e. The molecule has 0 amide bonds. The SMILES string of the molecule is N#Cc1cc(-c2ccccc2)cc2oc3cc(-c4ccccc4)ccc3c12. The Morgan fingerprint density at radius 3 is 1.89 bits per heavy atom. The number of nitrogens with zero attached hydrogens (tertiary/aromatic N) is 1. The van der Waals surface area contributed by atoms with Gasteiger partial charge in [-0.15, -0.1) is 0 Å². The highest BCUT2D eigenvalue weighted by atomic mass is 16.3. The highest BCUT2D eigenvalue weighted by Crippen LogP contribution is 2.36. The highest BCUT2D eigenvalue weighted by Gasteiger charge is 2.14. The number of furan rings is 1. The van der Waals surface area contributed by atoms with Crippen LogP contribution in [0.1, 0.15) is 5.56 Å². The fourth-order valence-electron chi connectivity index (χ4n) is 3.60. The molecule has 0 radical (unpaired) electrons. The van der Waals surface area contributed by atoms with E-state index >= 15 is 0 Å². The number of benzene rings is 4. The van der Waals surface area contributed by atoms with E-state index < -0.39 is 0 Å². The Bertz CT molecular complexity index is 1310. The molecular weight excluding hydrogens is 330 g/mol. The van der Waals surface area contributed by atoms with Crippen LogP contribution in [0.5, 0.6) is 0 Å². The minimum atomic E-state index is 0.637. The van der Waals surface area contributed by atoms with E-state index in [1.54, 1.807) is 0 Å². The lowest BCUT2D eigenvalue weighted by molar-refractivity contribution is 0.669. The summed E-state index contributed by atoms with van der Waals surface area (Å²) >= 11 is 0. The zero-order chi connectivity index (χ0) is 18.2. The molecule has 1 heterocycles. The Hall–Kier alpha value is -3.83. The van der Waals surface area contributed by atoms with Gasteiger partial charge in [0, 0.05) is 10.8 Å². The molecule has 2 heteroatoms. The molecule has 4 aromatic carbocycles. The zero-order valence-corrected chi connectivity index (χ0v) is 14.5. The molecule has 5 rings (SSSR count). The van der Waals surface area contributed by atoms with Crippen molar-refractivity contribution in [2.45, 2.75) is 0 Å². The van der Waals surface area contributed by atoms with Crippen LogP contribution >= 0.6 is 0 Å². The molecule has 27 heavy (non-hydrogen) atoms. The lowest BCUT2D eigenvalue weighted by atomic mass is 9.98. The van der Waals surface area contributed by atoms with Crippen molar-refractivity contribution in [2.24, 2.45) is 0 Å². The number of fused-ring (bicyclic) bond motifs is 3. The molecule has 1 aromatic heterocycles. The molecule has 0 aliphatic rings. The summed E-state index contributed by atoms with van der Waals surface area (Å²) in [5.74, 6) is 0. The van der Waals surface area contributed by atoms with Crippen molar-refractivity contribution >= 4 is 21.9 Å². The van der Waals surface area contributed by atoms with Crippen molar-refractivity contribution < 1.29 is 4.42 Å². The van der Waals surface area contributed by atoms with Crippen molar-refractivity contribution in [2.75, 3.05) is 0 Å². The van der Waals surface area contributed by atoms with Crippen LogP contribution < -0.4 is 0 Å². The van der Waals surface area contributed by atoms with Crippen molar-refractivity contribution in [3.8, 4) is 28.3 Å². The molecule has 2 nitrogen and oxygen atoms in total. The topological polar surface area (TPSA) is 36.9 Å².